The largest absolute Gasteiger partial charge is 0.463 e. The number of hydrogen-bond acceptors (Lipinski definition) is 5. The topological polar surface area (TPSA) is 78.6 Å². The summed E-state index contributed by atoms with van der Waals surface area (Å²) >= 11 is 0. The summed E-state index contributed by atoms with van der Waals surface area (Å²) in [5, 5.41) is 0. The molecule has 0 aliphatic carbocycles. The van der Waals surface area contributed by atoms with Crippen LogP contribution in [0.3, 0.4) is 0 Å². The summed E-state index contributed by atoms with van der Waals surface area (Å²) in [7, 11) is 0. The standard InChI is InChI=1S/C11H11NO4/c12-8-3-1-7(2-4-8)10(13)16-9-5-6-15-11(9)14/h1-4,9H,5-6,12H2. The molecule has 0 amide bonds. The van der Waals surface area contributed by atoms with Crippen LogP contribution < -0.4 is 5.73 Å². The van der Waals surface area contributed by atoms with E-state index >= 15 is 0 Å². The minimum absolute atomic E-state index is 0.304. The highest BCUT2D eigenvalue weighted by Gasteiger charge is 2.30. The summed E-state index contributed by atoms with van der Waals surface area (Å²) in [5.74, 6) is -1.02. The molecule has 1 aliphatic rings. The first-order valence-corrected chi connectivity index (χ1v) is 4.90. The Morgan fingerprint density at radius 2 is 2.06 bits per heavy atom. The molecule has 2 rings (SSSR count). The van der Waals surface area contributed by atoms with Crippen LogP contribution in [0.2, 0.25) is 0 Å². The predicted octanol–water partition coefficient (Wildman–Crippen LogP) is 0.741. The summed E-state index contributed by atoms with van der Waals surface area (Å²) in [5.41, 5.74) is 6.42. The van der Waals surface area contributed by atoms with E-state index in [1.165, 1.54) is 0 Å². The van der Waals surface area contributed by atoms with Gasteiger partial charge in [0.05, 0.1) is 12.2 Å². The van der Waals surface area contributed by atoms with E-state index in [0.29, 0.717) is 24.3 Å². The smallest absolute Gasteiger partial charge is 0.347 e. The third kappa shape index (κ3) is 2.13. The van der Waals surface area contributed by atoms with E-state index in [2.05, 4.69) is 4.74 Å². The maximum atomic E-state index is 11.6. The first kappa shape index (κ1) is 10.5. The first-order chi connectivity index (χ1) is 7.66. The van der Waals surface area contributed by atoms with E-state index < -0.39 is 18.0 Å². The normalized spacial score (nSPS) is 19.2. The number of hydrogen-bond donors (Lipinski definition) is 1. The van der Waals surface area contributed by atoms with Crippen LogP contribution in [-0.2, 0) is 14.3 Å². The second-order valence-electron chi connectivity index (χ2n) is 3.47. The Bertz CT molecular complexity index is 412. The van der Waals surface area contributed by atoms with Crippen molar-refractivity contribution in [3.05, 3.63) is 29.8 Å². The second kappa shape index (κ2) is 4.22. The van der Waals surface area contributed by atoms with E-state index in [-0.39, 0.29) is 0 Å². The highest BCUT2D eigenvalue weighted by molar-refractivity contribution is 5.92. The molecule has 0 radical (unpaired) electrons. The number of esters is 2. The highest BCUT2D eigenvalue weighted by Crippen LogP contribution is 2.14. The molecule has 0 spiro atoms. The molecule has 5 nitrogen and oxygen atoms in total. The molecule has 84 valence electrons. The number of nitrogens with two attached hydrogens (primary N) is 1. The zero-order chi connectivity index (χ0) is 11.5. The molecule has 5 heteroatoms. The first-order valence-electron chi connectivity index (χ1n) is 4.90. The van der Waals surface area contributed by atoms with Gasteiger partial charge in [-0.05, 0) is 24.3 Å². The highest BCUT2D eigenvalue weighted by atomic mass is 16.6. The van der Waals surface area contributed by atoms with Gasteiger partial charge in [-0.15, -0.1) is 0 Å². The summed E-state index contributed by atoms with van der Waals surface area (Å²) in [6, 6.07) is 6.31. The van der Waals surface area contributed by atoms with Crippen LogP contribution in [0, 0.1) is 0 Å². The Kier molecular flexibility index (Phi) is 2.76. The van der Waals surface area contributed by atoms with E-state index in [1.54, 1.807) is 24.3 Å². The summed E-state index contributed by atoms with van der Waals surface area (Å²) in [6.45, 7) is 0.304. The van der Waals surface area contributed by atoms with Gasteiger partial charge in [0.15, 0.2) is 0 Å². The second-order valence-corrected chi connectivity index (χ2v) is 3.47. The third-order valence-electron chi connectivity index (χ3n) is 2.28. The van der Waals surface area contributed by atoms with Gasteiger partial charge in [0.2, 0.25) is 6.10 Å². The molecule has 1 atom stereocenters. The van der Waals surface area contributed by atoms with Crippen LogP contribution in [0.5, 0.6) is 0 Å². The van der Waals surface area contributed by atoms with Crippen molar-refractivity contribution in [1.82, 2.24) is 0 Å². The molecule has 0 saturated carbocycles. The van der Waals surface area contributed by atoms with Gasteiger partial charge < -0.3 is 15.2 Å². The molecule has 1 aromatic rings. The van der Waals surface area contributed by atoms with Crippen molar-refractivity contribution in [2.45, 2.75) is 12.5 Å². The number of carbonyl (C=O) groups excluding carboxylic acids is 2. The average Bonchev–Trinajstić information content (AvgIpc) is 2.65. The lowest BCUT2D eigenvalue weighted by atomic mass is 10.2. The lowest BCUT2D eigenvalue weighted by Crippen LogP contribution is -2.22. The number of anilines is 1. The van der Waals surface area contributed by atoms with Gasteiger partial charge >= 0.3 is 11.9 Å². The summed E-state index contributed by atoms with van der Waals surface area (Å²) in [4.78, 5) is 22.7. The zero-order valence-corrected chi connectivity index (χ0v) is 8.51. The lowest BCUT2D eigenvalue weighted by molar-refractivity contribution is -0.145. The van der Waals surface area contributed by atoms with Gasteiger partial charge in [-0.3, -0.25) is 0 Å². The van der Waals surface area contributed by atoms with E-state index in [9.17, 15) is 9.59 Å². The van der Waals surface area contributed by atoms with Gasteiger partial charge in [-0.1, -0.05) is 0 Å². The van der Waals surface area contributed by atoms with Crippen molar-refractivity contribution in [2.24, 2.45) is 0 Å². The van der Waals surface area contributed by atoms with Crippen LogP contribution >= 0.6 is 0 Å². The van der Waals surface area contributed by atoms with Gasteiger partial charge in [0.1, 0.15) is 0 Å². The third-order valence-corrected chi connectivity index (χ3v) is 2.28. The van der Waals surface area contributed by atoms with Gasteiger partial charge in [-0.2, -0.15) is 0 Å². The van der Waals surface area contributed by atoms with Crippen LogP contribution in [0.4, 0.5) is 5.69 Å². The summed E-state index contributed by atoms with van der Waals surface area (Å²) in [6.07, 6.45) is -0.357. The van der Waals surface area contributed by atoms with Crippen LogP contribution in [-0.4, -0.2) is 24.6 Å². The fraction of sp³-hybridized carbons (Fsp3) is 0.273. The van der Waals surface area contributed by atoms with Crippen molar-refractivity contribution >= 4 is 17.6 Å². The molecule has 2 N–H and O–H groups in total. The number of carbonyl (C=O) groups is 2. The Balaban J connectivity index is 2.02. The quantitative estimate of drug-likeness (QED) is 0.588. The predicted molar refractivity (Wildman–Crippen MR) is 55.6 cm³/mol. The Morgan fingerprint density at radius 3 is 2.62 bits per heavy atom. The monoisotopic (exact) mass is 221 g/mol. The molecule has 1 aromatic carbocycles. The van der Waals surface area contributed by atoms with Crippen molar-refractivity contribution in [2.75, 3.05) is 12.3 Å². The Hall–Kier alpha value is -2.04. The minimum Gasteiger partial charge on any atom is -0.463 e. The number of cyclic esters (lactones) is 1. The molecule has 0 bridgehead atoms. The van der Waals surface area contributed by atoms with E-state index in [4.69, 9.17) is 10.5 Å². The molecule has 1 aliphatic heterocycles. The van der Waals surface area contributed by atoms with Gasteiger partial charge in [0, 0.05) is 12.1 Å². The SMILES string of the molecule is Nc1ccc(C(=O)OC2CCOC2=O)cc1. The maximum Gasteiger partial charge on any atom is 0.347 e. The van der Waals surface area contributed by atoms with Gasteiger partial charge in [0.25, 0.3) is 0 Å². The Morgan fingerprint density at radius 1 is 1.38 bits per heavy atom. The molecule has 0 aromatic heterocycles. The molecular weight excluding hydrogens is 210 g/mol. The molecule has 1 saturated heterocycles. The number of ether oxygens (including phenoxy) is 2. The van der Waals surface area contributed by atoms with Crippen LogP contribution in [0.25, 0.3) is 0 Å². The fourth-order valence-corrected chi connectivity index (χ4v) is 1.40. The molecule has 1 unspecified atom stereocenters. The zero-order valence-electron chi connectivity index (χ0n) is 8.51. The molecule has 16 heavy (non-hydrogen) atoms. The average molecular weight is 221 g/mol. The number of rotatable bonds is 2. The number of nitrogen functional groups attached to an aromatic ring is 1. The van der Waals surface area contributed by atoms with Crippen molar-refractivity contribution in [3.8, 4) is 0 Å². The van der Waals surface area contributed by atoms with Crippen molar-refractivity contribution in [3.63, 3.8) is 0 Å². The van der Waals surface area contributed by atoms with E-state index in [1.807, 2.05) is 0 Å². The molecule has 1 fully saturated rings. The van der Waals surface area contributed by atoms with Crippen molar-refractivity contribution < 1.29 is 19.1 Å². The molecule has 1 heterocycles. The van der Waals surface area contributed by atoms with E-state index in [0.717, 1.165) is 0 Å². The number of benzene rings is 1. The summed E-state index contributed by atoms with van der Waals surface area (Å²) < 4.78 is 9.68. The van der Waals surface area contributed by atoms with Crippen molar-refractivity contribution in [1.29, 1.82) is 0 Å². The van der Waals surface area contributed by atoms with Gasteiger partial charge in [-0.25, -0.2) is 9.59 Å². The van der Waals surface area contributed by atoms with Crippen LogP contribution in [0.15, 0.2) is 24.3 Å². The van der Waals surface area contributed by atoms with Crippen LogP contribution in [0.1, 0.15) is 16.8 Å². The Labute approximate surface area is 92.1 Å². The minimum atomic E-state index is -0.773. The molecular formula is C11H11NO4. The lowest BCUT2D eigenvalue weighted by Gasteiger charge is -2.08. The maximum absolute atomic E-state index is 11.6. The fourth-order valence-electron chi connectivity index (χ4n) is 1.40.